The van der Waals surface area contributed by atoms with Crippen molar-refractivity contribution in [3.8, 4) is 5.75 Å². The van der Waals surface area contributed by atoms with Crippen LogP contribution in [0, 0.1) is 5.92 Å². The van der Waals surface area contributed by atoms with Crippen LogP contribution in [0.2, 0.25) is 0 Å². The summed E-state index contributed by atoms with van der Waals surface area (Å²) < 4.78 is 11.6. The molecule has 7 heteroatoms. The molecule has 0 unspecified atom stereocenters. The van der Waals surface area contributed by atoms with Crippen LogP contribution in [-0.4, -0.2) is 42.3 Å². The molecule has 2 atom stereocenters. The Morgan fingerprint density at radius 3 is 2.57 bits per heavy atom. The number of nitrogens with two attached hydrogens (primary N) is 1. The fourth-order valence-corrected chi connectivity index (χ4v) is 5.57. The lowest BCUT2D eigenvalue weighted by Crippen LogP contribution is -2.63. The molecule has 0 aromatic heterocycles. The van der Waals surface area contributed by atoms with E-state index in [1.807, 2.05) is 58.2 Å². The molecule has 2 aliphatic heterocycles. The number of piperidine rings is 1. The lowest BCUT2D eigenvalue weighted by atomic mass is 9.75. The van der Waals surface area contributed by atoms with Crippen molar-refractivity contribution in [1.29, 1.82) is 0 Å². The maximum absolute atomic E-state index is 13.4. The molecule has 2 aliphatic rings. The summed E-state index contributed by atoms with van der Waals surface area (Å²) >= 11 is 5.53. The number of hydrogen-bond acceptors (Lipinski definition) is 5. The van der Waals surface area contributed by atoms with Crippen LogP contribution >= 0.6 is 12.2 Å². The van der Waals surface area contributed by atoms with Crippen LogP contribution in [0.1, 0.15) is 56.7 Å². The maximum Gasteiger partial charge on any atom is 0.412 e. The lowest BCUT2D eigenvalue weighted by molar-refractivity contribution is -0.0384. The number of carbonyl (C=O) groups excluding carboxylic acids is 1. The minimum Gasteiger partial charge on any atom is -0.496 e. The summed E-state index contributed by atoms with van der Waals surface area (Å²) in [5.74, 6) is 0.811. The zero-order valence-corrected chi connectivity index (χ0v) is 22.3. The Hall–Kier alpha value is -2.64. The Morgan fingerprint density at radius 2 is 1.91 bits per heavy atom. The number of hydrogen-bond donors (Lipinski definition) is 1. The number of rotatable bonds is 4. The monoisotopic (exact) mass is 495 g/mol. The van der Waals surface area contributed by atoms with Crippen molar-refractivity contribution in [2.24, 2.45) is 11.7 Å². The second-order valence-corrected chi connectivity index (χ2v) is 11.1. The first-order chi connectivity index (χ1) is 16.5. The first-order valence-corrected chi connectivity index (χ1v) is 12.8. The third-order valence-electron chi connectivity index (χ3n) is 7.15. The summed E-state index contributed by atoms with van der Waals surface area (Å²) in [6.07, 6.45) is 3.85. The molecule has 0 saturated carbocycles. The number of benzene rings is 2. The second-order valence-electron chi connectivity index (χ2n) is 10.6. The molecule has 1 fully saturated rings. The standard InChI is InChI=1S/C28H37N3O3S/c1-27(2,3)34-26(32)31-15-9-12-22(28(31,29)21-10-7-6-8-11-21)17-20-16-19-13-14-25(35)30(4)23(19)18-24(20)33-5/h6-8,10-11,16,18,22H,9,12-15,17,29H2,1-5H3/t22-,28+/m0/s1. The minimum absolute atomic E-state index is 0.0134. The summed E-state index contributed by atoms with van der Waals surface area (Å²) in [6, 6.07) is 14.3. The van der Waals surface area contributed by atoms with Gasteiger partial charge in [-0.3, -0.25) is 4.90 Å². The van der Waals surface area contributed by atoms with Gasteiger partial charge >= 0.3 is 6.09 Å². The molecular formula is C28H37N3O3S. The van der Waals surface area contributed by atoms with Crippen molar-refractivity contribution >= 4 is 29.0 Å². The Labute approximate surface area is 214 Å². The van der Waals surface area contributed by atoms with E-state index in [1.165, 1.54) is 5.56 Å². The quantitative estimate of drug-likeness (QED) is 0.573. The highest BCUT2D eigenvalue weighted by Crippen LogP contribution is 2.43. The van der Waals surface area contributed by atoms with Gasteiger partial charge in [-0.05, 0) is 63.1 Å². The molecule has 1 amide bonds. The van der Waals surface area contributed by atoms with Gasteiger partial charge in [0.2, 0.25) is 0 Å². The summed E-state index contributed by atoms with van der Waals surface area (Å²) in [5.41, 5.74) is 10.0. The number of likely N-dealkylation sites (tertiary alicyclic amines) is 1. The predicted octanol–water partition coefficient (Wildman–Crippen LogP) is 5.41. The minimum atomic E-state index is -0.999. The third kappa shape index (κ3) is 5.02. The summed E-state index contributed by atoms with van der Waals surface area (Å²) in [5, 5.41) is 0. The van der Waals surface area contributed by atoms with Crippen LogP contribution in [0.25, 0.3) is 0 Å². The van der Waals surface area contributed by atoms with Gasteiger partial charge in [0.25, 0.3) is 0 Å². The average molecular weight is 496 g/mol. The highest BCUT2D eigenvalue weighted by molar-refractivity contribution is 7.80. The number of methoxy groups -OCH3 is 1. The zero-order chi connectivity index (χ0) is 25.4. The number of anilines is 1. The number of nitrogens with zero attached hydrogens (tertiary/aromatic N) is 2. The third-order valence-corrected chi connectivity index (χ3v) is 7.62. The van der Waals surface area contributed by atoms with Crippen molar-refractivity contribution in [3.05, 3.63) is 59.2 Å². The molecule has 6 nitrogen and oxygen atoms in total. The average Bonchev–Trinajstić information content (AvgIpc) is 2.82. The molecule has 2 aromatic carbocycles. The summed E-state index contributed by atoms with van der Waals surface area (Å²) in [4.78, 5) is 18.1. The largest absolute Gasteiger partial charge is 0.496 e. The van der Waals surface area contributed by atoms with Gasteiger partial charge in [0.05, 0.1) is 12.1 Å². The number of amides is 1. The van der Waals surface area contributed by atoms with Gasteiger partial charge in [-0.1, -0.05) is 48.6 Å². The SMILES string of the molecule is COc1cc2c(cc1C[C@@H]1CCCN(C(=O)OC(C)(C)C)[C@]1(N)c1ccccc1)CCC(=S)N2C. The van der Waals surface area contributed by atoms with Crippen LogP contribution in [0.15, 0.2) is 42.5 Å². The number of fused-ring (bicyclic) bond motifs is 1. The van der Waals surface area contributed by atoms with Gasteiger partial charge in [0.15, 0.2) is 0 Å². The number of ether oxygens (including phenoxy) is 2. The predicted molar refractivity (Wildman–Crippen MR) is 144 cm³/mol. The number of thiocarbonyl (C=S) groups is 1. The number of carbonyl (C=O) groups is 1. The Kier molecular flexibility index (Phi) is 7.11. The Balaban J connectivity index is 1.74. The maximum atomic E-state index is 13.4. The van der Waals surface area contributed by atoms with E-state index in [9.17, 15) is 4.79 Å². The first kappa shape index (κ1) is 25.5. The molecule has 35 heavy (non-hydrogen) atoms. The molecule has 4 rings (SSSR count). The van der Waals surface area contributed by atoms with Crippen LogP contribution in [-0.2, 0) is 23.2 Å². The van der Waals surface area contributed by atoms with E-state index in [4.69, 9.17) is 27.4 Å². The first-order valence-electron chi connectivity index (χ1n) is 12.4. The zero-order valence-electron chi connectivity index (χ0n) is 21.5. The van der Waals surface area contributed by atoms with Gasteiger partial charge < -0.3 is 20.1 Å². The molecule has 0 radical (unpaired) electrons. The van der Waals surface area contributed by atoms with Crippen LogP contribution in [0.3, 0.4) is 0 Å². The Morgan fingerprint density at radius 1 is 1.20 bits per heavy atom. The molecule has 2 aromatic rings. The Bertz CT molecular complexity index is 1100. The van der Waals surface area contributed by atoms with Crippen LogP contribution < -0.4 is 15.4 Å². The van der Waals surface area contributed by atoms with E-state index < -0.39 is 11.3 Å². The lowest BCUT2D eigenvalue weighted by Gasteiger charge is -2.50. The molecule has 1 saturated heterocycles. The van der Waals surface area contributed by atoms with Crippen molar-refractivity contribution in [2.45, 2.75) is 64.1 Å². The van der Waals surface area contributed by atoms with Crippen molar-refractivity contribution in [3.63, 3.8) is 0 Å². The van der Waals surface area contributed by atoms with Crippen molar-refractivity contribution in [2.75, 3.05) is 25.6 Å². The fourth-order valence-electron chi connectivity index (χ4n) is 5.37. The topological polar surface area (TPSA) is 68.0 Å². The molecule has 0 spiro atoms. The normalized spacial score (nSPS) is 22.6. The highest BCUT2D eigenvalue weighted by atomic mass is 32.1. The van der Waals surface area contributed by atoms with E-state index >= 15 is 0 Å². The van der Waals surface area contributed by atoms with Crippen LogP contribution in [0.4, 0.5) is 10.5 Å². The summed E-state index contributed by atoms with van der Waals surface area (Å²) in [7, 11) is 3.72. The van der Waals surface area contributed by atoms with Crippen LogP contribution in [0.5, 0.6) is 5.75 Å². The summed E-state index contributed by atoms with van der Waals surface area (Å²) in [6.45, 7) is 6.20. The molecule has 2 heterocycles. The molecule has 188 valence electrons. The van der Waals surface area contributed by atoms with E-state index in [1.54, 1.807) is 12.0 Å². The van der Waals surface area contributed by atoms with Gasteiger partial charge in [0.1, 0.15) is 17.0 Å². The second kappa shape index (κ2) is 9.78. The van der Waals surface area contributed by atoms with E-state index in [2.05, 4.69) is 17.0 Å². The molecule has 0 aliphatic carbocycles. The van der Waals surface area contributed by atoms with Crippen molar-refractivity contribution < 1.29 is 14.3 Å². The molecule has 0 bridgehead atoms. The molecule has 2 N–H and O–H groups in total. The highest BCUT2D eigenvalue weighted by Gasteiger charge is 2.48. The van der Waals surface area contributed by atoms with Gasteiger partial charge in [0, 0.05) is 37.7 Å². The van der Waals surface area contributed by atoms with E-state index in [0.29, 0.717) is 13.0 Å². The van der Waals surface area contributed by atoms with Crippen molar-refractivity contribution in [1.82, 2.24) is 4.90 Å². The van der Waals surface area contributed by atoms with E-state index in [0.717, 1.165) is 53.2 Å². The fraction of sp³-hybridized carbons (Fsp3) is 0.500. The molecular weight excluding hydrogens is 458 g/mol. The van der Waals surface area contributed by atoms with E-state index in [-0.39, 0.29) is 12.0 Å². The van der Waals surface area contributed by atoms with Gasteiger partial charge in [-0.15, -0.1) is 0 Å². The smallest absolute Gasteiger partial charge is 0.412 e. The van der Waals surface area contributed by atoms with Gasteiger partial charge in [-0.2, -0.15) is 0 Å². The van der Waals surface area contributed by atoms with Gasteiger partial charge in [-0.25, -0.2) is 4.79 Å². The number of aryl methyl sites for hydroxylation is 1.